The summed E-state index contributed by atoms with van der Waals surface area (Å²) < 4.78 is 10.6. The fraction of sp³-hybridized carbons (Fsp3) is 0.588. The Labute approximate surface area is 131 Å². The fourth-order valence-electron chi connectivity index (χ4n) is 3.17. The molecule has 0 saturated carbocycles. The standard InChI is InChI=1S/C17H24N2O3/c1-21-16-6-4-15(5-7-16)18-8-10-19(11-9-18)17(20)14-3-2-12-22-13-14/h4-7,14H,2-3,8-13H2,1H3. The lowest BCUT2D eigenvalue weighted by Crippen LogP contribution is -2.51. The maximum absolute atomic E-state index is 12.5. The monoisotopic (exact) mass is 304 g/mol. The van der Waals surface area contributed by atoms with E-state index >= 15 is 0 Å². The fourth-order valence-corrected chi connectivity index (χ4v) is 3.17. The van der Waals surface area contributed by atoms with Crippen LogP contribution in [0.25, 0.3) is 0 Å². The van der Waals surface area contributed by atoms with E-state index in [4.69, 9.17) is 9.47 Å². The van der Waals surface area contributed by atoms with Crippen molar-refractivity contribution in [1.82, 2.24) is 4.90 Å². The number of hydrogen-bond donors (Lipinski definition) is 0. The number of amides is 1. The third-order valence-electron chi connectivity index (χ3n) is 4.54. The molecule has 0 N–H and O–H groups in total. The molecule has 2 fully saturated rings. The molecule has 1 amide bonds. The van der Waals surface area contributed by atoms with Crippen molar-refractivity contribution in [3.8, 4) is 5.75 Å². The van der Waals surface area contributed by atoms with Gasteiger partial charge in [-0.3, -0.25) is 4.79 Å². The summed E-state index contributed by atoms with van der Waals surface area (Å²) >= 11 is 0. The molecule has 22 heavy (non-hydrogen) atoms. The van der Waals surface area contributed by atoms with Crippen molar-refractivity contribution >= 4 is 11.6 Å². The van der Waals surface area contributed by atoms with E-state index in [9.17, 15) is 4.79 Å². The second kappa shape index (κ2) is 7.01. The number of carbonyl (C=O) groups excluding carboxylic acids is 1. The van der Waals surface area contributed by atoms with Crippen molar-refractivity contribution < 1.29 is 14.3 Å². The van der Waals surface area contributed by atoms with Crippen molar-refractivity contribution in [3.05, 3.63) is 24.3 Å². The van der Waals surface area contributed by atoms with Gasteiger partial charge in [0.25, 0.3) is 0 Å². The Morgan fingerprint density at radius 2 is 1.91 bits per heavy atom. The average molecular weight is 304 g/mol. The Morgan fingerprint density at radius 1 is 1.18 bits per heavy atom. The number of benzene rings is 1. The Bertz CT molecular complexity index is 489. The van der Waals surface area contributed by atoms with Gasteiger partial charge in [0, 0.05) is 38.5 Å². The quantitative estimate of drug-likeness (QED) is 0.853. The molecule has 0 spiro atoms. The van der Waals surface area contributed by atoms with E-state index in [1.54, 1.807) is 7.11 Å². The molecule has 0 aromatic heterocycles. The van der Waals surface area contributed by atoms with E-state index in [1.165, 1.54) is 5.69 Å². The van der Waals surface area contributed by atoms with Crippen LogP contribution >= 0.6 is 0 Å². The molecule has 1 atom stereocenters. The topological polar surface area (TPSA) is 42.0 Å². The van der Waals surface area contributed by atoms with Crippen molar-refractivity contribution in [1.29, 1.82) is 0 Å². The summed E-state index contributed by atoms with van der Waals surface area (Å²) in [5.74, 6) is 1.21. The van der Waals surface area contributed by atoms with Crippen LogP contribution in [0.2, 0.25) is 0 Å². The number of rotatable bonds is 3. The van der Waals surface area contributed by atoms with Crippen molar-refractivity contribution in [3.63, 3.8) is 0 Å². The van der Waals surface area contributed by atoms with Crippen LogP contribution in [0.4, 0.5) is 5.69 Å². The molecule has 0 bridgehead atoms. The van der Waals surface area contributed by atoms with Gasteiger partial charge in [-0.25, -0.2) is 0 Å². The van der Waals surface area contributed by atoms with Gasteiger partial charge in [-0.05, 0) is 37.1 Å². The molecule has 120 valence electrons. The molecule has 1 unspecified atom stereocenters. The highest BCUT2D eigenvalue weighted by Gasteiger charge is 2.28. The summed E-state index contributed by atoms with van der Waals surface area (Å²) in [4.78, 5) is 16.8. The first-order valence-electron chi connectivity index (χ1n) is 8.03. The van der Waals surface area contributed by atoms with Crippen LogP contribution in [0, 0.1) is 5.92 Å². The second-order valence-electron chi connectivity index (χ2n) is 5.92. The van der Waals surface area contributed by atoms with Crippen LogP contribution in [-0.4, -0.2) is 57.3 Å². The van der Waals surface area contributed by atoms with Crippen LogP contribution in [-0.2, 0) is 9.53 Å². The molecule has 0 radical (unpaired) electrons. The number of ether oxygens (including phenoxy) is 2. The van der Waals surface area contributed by atoms with Gasteiger partial charge in [-0.1, -0.05) is 0 Å². The molecule has 0 aliphatic carbocycles. The van der Waals surface area contributed by atoms with Gasteiger partial charge in [-0.15, -0.1) is 0 Å². The molecule has 1 aromatic carbocycles. The number of methoxy groups -OCH3 is 1. The first-order chi connectivity index (χ1) is 10.8. The van der Waals surface area contributed by atoms with E-state index < -0.39 is 0 Å². The lowest BCUT2D eigenvalue weighted by atomic mass is 10.0. The predicted molar refractivity (Wildman–Crippen MR) is 85.3 cm³/mol. The first kappa shape index (κ1) is 15.2. The summed E-state index contributed by atoms with van der Waals surface area (Å²) in [6.07, 6.45) is 1.97. The minimum atomic E-state index is 0.0706. The average Bonchev–Trinajstić information content (AvgIpc) is 2.62. The summed E-state index contributed by atoms with van der Waals surface area (Å²) in [6, 6.07) is 8.11. The van der Waals surface area contributed by atoms with Gasteiger partial charge in [-0.2, -0.15) is 0 Å². The Kier molecular flexibility index (Phi) is 4.83. The molecule has 2 heterocycles. The molecule has 5 heteroatoms. The summed E-state index contributed by atoms with van der Waals surface area (Å²) in [7, 11) is 1.67. The summed E-state index contributed by atoms with van der Waals surface area (Å²) in [5, 5.41) is 0. The molecule has 1 aromatic rings. The SMILES string of the molecule is COc1ccc(N2CCN(C(=O)C3CCCOC3)CC2)cc1. The number of nitrogens with zero attached hydrogens (tertiary/aromatic N) is 2. The van der Waals surface area contributed by atoms with Gasteiger partial charge in [0.1, 0.15) is 5.75 Å². The summed E-state index contributed by atoms with van der Waals surface area (Å²) in [6.45, 7) is 4.74. The molecular formula is C17H24N2O3. The number of anilines is 1. The molecule has 2 aliphatic heterocycles. The molecule has 2 saturated heterocycles. The van der Waals surface area contributed by atoms with Crippen LogP contribution in [0.3, 0.4) is 0 Å². The Hall–Kier alpha value is -1.75. The number of piperazine rings is 1. The lowest BCUT2D eigenvalue weighted by Gasteiger charge is -2.38. The predicted octanol–water partition coefficient (Wildman–Crippen LogP) is 1.77. The zero-order valence-electron chi connectivity index (χ0n) is 13.2. The number of carbonyl (C=O) groups is 1. The third-order valence-corrected chi connectivity index (χ3v) is 4.54. The van der Waals surface area contributed by atoms with Crippen LogP contribution in [0.15, 0.2) is 24.3 Å². The minimum absolute atomic E-state index is 0.0706. The zero-order chi connectivity index (χ0) is 15.4. The van der Waals surface area contributed by atoms with E-state index in [0.717, 1.165) is 51.4 Å². The minimum Gasteiger partial charge on any atom is -0.497 e. The van der Waals surface area contributed by atoms with Crippen LogP contribution in [0.1, 0.15) is 12.8 Å². The van der Waals surface area contributed by atoms with Crippen molar-refractivity contribution in [2.24, 2.45) is 5.92 Å². The second-order valence-corrected chi connectivity index (χ2v) is 5.92. The Morgan fingerprint density at radius 3 is 2.50 bits per heavy atom. The third kappa shape index (κ3) is 3.35. The molecular weight excluding hydrogens is 280 g/mol. The molecule has 5 nitrogen and oxygen atoms in total. The zero-order valence-corrected chi connectivity index (χ0v) is 13.2. The maximum Gasteiger partial charge on any atom is 0.228 e. The lowest BCUT2D eigenvalue weighted by molar-refractivity contribution is -0.140. The first-order valence-corrected chi connectivity index (χ1v) is 8.03. The van der Waals surface area contributed by atoms with E-state index in [-0.39, 0.29) is 11.8 Å². The number of hydrogen-bond acceptors (Lipinski definition) is 4. The van der Waals surface area contributed by atoms with Crippen LogP contribution in [0.5, 0.6) is 5.75 Å². The molecule has 3 rings (SSSR count). The molecule has 2 aliphatic rings. The highest BCUT2D eigenvalue weighted by molar-refractivity contribution is 5.79. The van der Waals surface area contributed by atoms with E-state index in [1.807, 2.05) is 17.0 Å². The van der Waals surface area contributed by atoms with Gasteiger partial charge in [0.05, 0.1) is 19.6 Å². The Balaban J connectivity index is 1.54. The maximum atomic E-state index is 12.5. The summed E-state index contributed by atoms with van der Waals surface area (Å²) in [5.41, 5.74) is 1.19. The van der Waals surface area contributed by atoms with Gasteiger partial charge in [0.2, 0.25) is 5.91 Å². The van der Waals surface area contributed by atoms with Crippen molar-refractivity contribution in [2.45, 2.75) is 12.8 Å². The van der Waals surface area contributed by atoms with E-state index in [0.29, 0.717) is 6.61 Å². The normalized spacial score (nSPS) is 22.5. The largest absolute Gasteiger partial charge is 0.497 e. The van der Waals surface area contributed by atoms with Gasteiger partial charge >= 0.3 is 0 Å². The van der Waals surface area contributed by atoms with Crippen LogP contribution < -0.4 is 9.64 Å². The van der Waals surface area contributed by atoms with E-state index in [2.05, 4.69) is 17.0 Å². The van der Waals surface area contributed by atoms with Crippen molar-refractivity contribution in [2.75, 3.05) is 51.4 Å². The van der Waals surface area contributed by atoms with Gasteiger partial charge in [0.15, 0.2) is 0 Å². The highest BCUT2D eigenvalue weighted by atomic mass is 16.5. The van der Waals surface area contributed by atoms with Gasteiger partial charge < -0.3 is 19.3 Å². The highest BCUT2D eigenvalue weighted by Crippen LogP contribution is 2.22. The smallest absolute Gasteiger partial charge is 0.228 e.